The molecule has 0 spiro atoms. The summed E-state index contributed by atoms with van der Waals surface area (Å²) in [7, 11) is 0. The third kappa shape index (κ3) is 3.65. The maximum atomic E-state index is 13.2. The molecule has 2 aromatic carbocycles. The second-order valence-electron chi connectivity index (χ2n) is 4.99. The maximum Gasteiger partial charge on any atom is 0.264 e. The smallest absolute Gasteiger partial charge is 0.264 e. The number of nitrogens with one attached hydrogen (secondary N) is 1. The molecule has 1 aliphatic heterocycles. The van der Waals surface area contributed by atoms with Crippen molar-refractivity contribution in [2.24, 2.45) is 4.99 Å². The first-order valence-corrected chi connectivity index (χ1v) is 7.64. The van der Waals surface area contributed by atoms with Gasteiger partial charge in [-0.05, 0) is 60.2 Å². The van der Waals surface area contributed by atoms with Crippen LogP contribution in [-0.4, -0.2) is 11.1 Å². The molecule has 2 aromatic rings. The molecule has 3 nitrogen and oxygen atoms in total. The van der Waals surface area contributed by atoms with Crippen molar-refractivity contribution in [3.05, 3.63) is 70.1 Å². The summed E-state index contributed by atoms with van der Waals surface area (Å²) in [5, 5.41) is 3.11. The van der Waals surface area contributed by atoms with Gasteiger partial charge >= 0.3 is 0 Å². The third-order valence-corrected chi connectivity index (χ3v) is 4.03. The molecule has 116 valence electrons. The van der Waals surface area contributed by atoms with Gasteiger partial charge in [0.2, 0.25) is 0 Å². The number of carbonyl (C=O) groups is 1. The predicted molar refractivity (Wildman–Crippen MR) is 88.3 cm³/mol. The van der Waals surface area contributed by atoms with Crippen molar-refractivity contribution in [3.8, 4) is 0 Å². The second kappa shape index (κ2) is 6.34. The van der Waals surface area contributed by atoms with Crippen molar-refractivity contribution in [2.45, 2.75) is 6.92 Å². The summed E-state index contributed by atoms with van der Waals surface area (Å²) in [6.45, 7) is 1.96. The Bertz CT molecular complexity index is 846. The predicted octanol–water partition coefficient (Wildman–Crippen LogP) is 4.16. The molecule has 6 heteroatoms. The minimum Gasteiger partial charge on any atom is -0.300 e. The number of rotatable bonds is 2. The van der Waals surface area contributed by atoms with Gasteiger partial charge in [-0.15, -0.1) is 0 Å². The van der Waals surface area contributed by atoms with Crippen LogP contribution in [0.5, 0.6) is 0 Å². The van der Waals surface area contributed by atoms with E-state index in [1.165, 1.54) is 12.1 Å². The summed E-state index contributed by atoms with van der Waals surface area (Å²) in [5.74, 6) is -2.18. The van der Waals surface area contributed by atoms with E-state index in [1.807, 2.05) is 31.2 Å². The number of thioether (sulfide) groups is 1. The maximum absolute atomic E-state index is 13.2. The number of amides is 1. The Labute approximate surface area is 136 Å². The van der Waals surface area contributed by atoms with Crippen LogP contribution in [0.3, 0.4) is 0 Å². The first kappa shape index (κ1) is 15.4. The van der Waals surface area contributed by atoms with E-state index in [0.717, 1.165) is 35.1 Å². The van der Waals surface area contributed by atoms with Crippen LogP contribution in [0.15, 0.2) is 52.4 Å². The van der Waals surface area contributed by atoms with E-state index < -0.39 is 11.6 Å². The topological polar surface area (TPSA) is 41.5 Å². The molecule has 1 aliphatic rings. The minimum atomic E-state index is -0.948. The molecule has 0 atom stereocenters. The van der Waals surface area contributed by atoms with Crippen LogP contribution >= 0.6 is 11.8 Å². The lowest BCUT2D eigenvalue weighted by Crippen LogP contribution is -2.19. The van der Waals surface area contributed by atoms with Crippen molar-refractivity contribution in [1.29, 1.82) is 0 Å². The van der Waals surface area contributed by atoms with Crippen LogP contribution in [0.1, 0.15) is 11.1 Å². The summed E-state index contributed by atoms with van der Waals surface area (Å²) in [6, 6.07) is 11.1. The Morgan fingerprint density at radius 3 is 2.70 bits per heavy atom. The van der Waals surface area contributed by atoms with E-state index in [1.54, 1.807) is 0 Å². The average Bonchev–Trinajstić information content (AvgIpc) is 2.83. The van der Waals surface area contributed by atoms with Gasteiger partial charge in [0.05, 0.1) is 10.6 Å². The average molecular weight is 330 g/mol. The quantitative estimate of drug-likeness (QED) is 0.840. The van der Waals surface area contributed by atoms with E-state index >= 15 is 0 Å². The van der Waals surface area contributed by atoms with Crippen molar-refractivity contribution in [1.82, 2.24) is 5.32 Å². The zero-order chi connectivity index (χ0) is 16.4. The monoisotopic (exact) mass is 330 g/mol. The minimum absolute atomic E-state index is 0.314. The molecule has 1 fully saturated rings. The van der Waals surface area contributed by atoms with E-state index in [0.29, 0.717) is 15.6 Å². The van der Waals surface area contributed by atoms with E-state index in [4.69, 9.17) is 0 Å². The zero-order valence-electron chi connectivity index (χ0n) is 12.1. The molecule has 0 aromatic heterocycles. The van der Waals surface area contributed by atoms with Crippen LogP contribution in [-0.2, 0) is 4.79 Å². The Kier molecular flexibility index (Phi) is 4.25. The molecule has 0 unspecified atom stereocenters. The van der Waals surface area contributed by atoms with Crippen molar-refractivity contribution < 1.29 is 13.6 Å². The number of benzene rings is 2. The fourth-order valence-corrected chi connectivity index (χ4v) is 2.89. The number of halogens is 2. The van der Waals surface area contributed by atoms with Gasteiger partial charge in [-0.2, -0.15) is 0 Å². The Hall–Kier alpha value is -2.47. The van der Waals surface area contributed by atoms with Gasteiger partial charge < -0.3 is 5.32 Å². The molecule has 23 heavy (non-hydrogen) atoms. The molecule has 0 radical (unpaired) electrons. The molecule has 0 bridgehead atoms. The molecule has 3 rings (SSSR count). The lowest BCUT2D eigenvalue weighted by Gasteiger charge is -1.97. The van der Waals surface area contributed by atoms with Gasteiger partial charge in [-0.1, -0.05) is 18.2 Å². The summed E-state index contributed by atoms with van der Waals surface area (Å²) < 4.78 is 26.1. The fraction of sp³-hybridized carbons (Fsp3) is 0.0588. The van der Waals surface area contributed by atoms with Gasteiger partial charge in [0.25, 0.3) is 5.91 Å². The Morgan fingerprint density at radius 2 is 1.96 bits per heavy atom. The van der Waals surface area contributed by atoms with E-state index in [9.17, 15) is 13.6 Å². The van der Waals surface area contributed by atoms with Gasteiger partial charge in [0, 0.05) is 0 Å². The highest BCUT2D eigenvalue weighted by atomic mass is 32.2. The number of aryl methyl sites for hydroxylation is 1. The highest BCUT2D eigenvalue weighted by molar-refractivity contribution is 8.18. The van der Waals surface area contributed by atoms with E-state index in [2.05, 4.69) is 10.3 Å². The van der Waals surface area contributed by atoms with Crippen LogP contribution in [0.4, 0.5) is 14.5 Å². The molecular weight excluding hydrogens is 318 g/mol. The number of hydrogen-bond donors (Lipinski definition) is 1. The van der Waals surface area contributed by atoms with Crippen LogP contribution in [0, 0.1) is 18.6 Å². The zero-order valence-corrected chi connectivity index (χ0v) is 13.0. The molecule has 0 aliphatic carbocycles. The fourth-order valence-electron chi connectivity index (χ4n) is 2.05. The number of carbonyl (C=O) groups excluding carboxylic acids is 1. The van der Waals surface area contributed by atoms with Crippen LogP contribution in [0.25, 0.3) is 6.08 Å². The standard InChI is InChI=1S/C17H12F2N2OS/c1-10-3-2-4-12(7-10)20-17-21-16(22)15(23-17)9-11-5-6-13(18)14(19)8-11/h2-9H,1H3,(H,20,21,22)/b15-9+. The number of aliphatic imine (C=N–C) groups is 1. The Balaban J connectivity index is 1.84. The molecule has 1 heterocycles. The molecule has 1 amide bonds. The first-order valence-electron chi connectivity index (χ1n) is 6.82. The van der Waals surface area contributed by atoms with Gasteiger partial charge in [-0.3, -0.25) is 4.79 Å². The molecule has 1 saturated heterocycles. The SMILES string of the molecule is Cc1cccc(N=C2NC(=O)/C(=C\c3ccc(F)c(F)c3)S2)c1. The second-order valence-corrected chi connectivity index (χ2v) is 6.02. The highest BCUT2D eigenvalue weighted by Crippen LogP contribution is 2.28. The van der Waals surface area contributed by atoms with Gasteiger partial charge in [0.1, 0.15) is 0 Å². The molecule has 0 saturated carbocycles. The van der Waals surface area contributed by atoms with Gasteiger partial charge in [-0.25, -0.2) is 13.8 Å². The van der Waals surface area contributed by atoms with Crippen molar-refractivity contribution >= 4 is 34.6 Å². The van der Waals surface area contributed by atoms with Gasteiger partial charge in [0.15, 0.2) is 16.8 Å². The highest BCUT2D eigenvalue weighted by Gasteiger charge is 2.23. The van der Waals surface area contributed by atoms with Crippen molar-refractivity contribution in [2.75, 3.05) is 0 Å². The Morgan fingerprint density at radius 1 is 1.13 bits per heavy atom. The third-order valence-electron chi connectivity index (χ3n) is 3.12. The van der Waals surface area contributed by atoms with Crippen LogP contribution in [0.2, 0.25) is 0 Å². The normalized spacial score (nSPS) is 17.8. The molecular formula is C17H12F2N2OS. The lowest BCUT2D eigenvalue weighted by atomic mass is 10.2. The first-order chi connectivity index (χ1) is 11.0. The summed E-state index contributed by atoms with van der Waals surface area (Å²) in [6.07, 6.45) is 1.50. The lowest BCUT2D eigenvalue weighted by molar-refractivity contribution is -0.115. The summed E-state index contributed by atoms with van der Waals surface area (Å²) in [4.78, 5) is 16.7. The number of nitrogens with zero attached hydrogens (tertiary/aromatic N) is 1. The number of hydrogen-bond acceptors (Lipinski definition) is 3. The molecule has 1 N–H and O–H groups in total. The van der Waals surface area contributed by atoms with Crippen LogP contribution < -0.4 is 5.32 Å². The van der Waals surface area contributed by atoms with Crippen molar-refractivity contribution in [3.63, 3.8) is 0 Å². The summed E-state index contributed by atoms with van der Waals surface area (Å²) >= 11 is 1.16. The largest absolute Gasteiger partial charge is 0.300 e. The number of amidine groups is 1. The van der Waals surface area contributed by atoms with E-state index in [-0.39, 0.29) is 5.91 Å². The summed E-state index contributed by atoms with van der Waals surface area (Å²) in [5.41, 5.74) is 2.22.